The molecule has 0 radical (unpaired) electrons. The first-order valence-electron chi connectivity index (χ1n) is 15.3. The summed E-state index contributed by atoms with van der Waals surface area (Å²) in [6.07, 6.45) is 0. The Morgan fingerprint density at radius 2 is 0.600 bits per heavy atom. The molecule has 0 aliphatic carbocycles. The average molecular weight is 611 g/mol. The standard InChI is InChI=1S/C27H36N6.C8H12N2.CH2O/c28-13-22-4-1-7-25(10-22)16-31-19-32(17-26-8-2-5-23(11-26)14-29)21-33(20-31)18-27-9-3-6-24(12-27)15-30;9-5-7-2-1-3-8(4-7)6-10;1-2/h1-12H,13-21,28-30H2;1-4H,5-6,9-10H2;1H2. The van der Waals surface area contributed by atoms with Crippen LogP contribution in [0.25, 0.3) is 0 Å². The summed E-state index contributed by atoms with van der Waals surface area (Å²) in [6, 6.07) is 33.8. The maximum Gasteiger partial charge on any atom is 0.106 e. The fourth-order valence-electron chi connectivity index (χ4n) is 5.51. The quantitative estimate of drug-likeness (QED) is 0.172. The van der Waals surface area contributed by atoms with E-state index in [0.717, 1.165) is 50.8 Å². The van der Waals surface area contributed by atoms with E-state index in [1.807, 2.05) is 31.1 Å². The van der Waals surface area contributed by atoms with E-state index in [9.17, 15) is 0 Å². The number of nitrogens with two attached hydrogens (primary N) is 5. The zero-order valence-corrected chi connectivity index (χ0v) is 26.4. The average Bonchev–Trinajstić information content (AvgIpc) is 3.09. The number of benzene rings is 4. The van der Waals surface area contributed by atoms with Crippen LogP contribution in [0.1, 0.15) is 44.5 Å². The van der Waals surface area contributed by atoms with Gasteiger partial charge in [-0.3, -0.25) is 14.7 Å². The lowest BCUT2D eigenvalue weighted by molar-refractivity contribution is -0.0980. The minimum absolute atomic E-state index is 0.570. The minimum atomic E-state index is 0.570. The van der Waals surface area contributed by atoms with E-state index in [-0.39, 0.29) is 0 Å². The molecule has 0 spiro atoms. The molecule has 0 amide bonds. The first kappa shape index (κ1) is 35.7. The van der Waals surface area contributed by atoms with Crippen LogP contribution < -0.4 is 28.7 Å². The van der Waals surface area contributed by atoms with Crippen molar-refractivity contribution >= 4 is 6.79 Å². The van der Waals surface area contributed by atoms with Crippen molar-refractivity contribution in [3.05, 3.63) is 142 Å². The van der Waals surface area contributed by atoms with E-state index >= 15 is 0 Å². The molecule has 0 unspecified atom stereocenters. The van der Waals surface area contributed by atoms with Crippen LogP contribution >= 0.6 is 0 Å². The fraction of sp³-hybridized carbons (Fsp3) is 0.306. The van der Waals surface area contributed by atoms with Gasteiger partial charge in [0.05, 0.1) is 20.0 Å². The number of hydrogen-bond donors (Lipinski definition) is 5. The molecule has 9 nitrogen and oxygen atoms in total. The van der Waals surface area contributed by atoms with Crippen LogP contribution in [-0.4, -0.2) is 41.5 Å². The molecular weight excluding hydrogens is 560 g/mol. The van der Waals surface area contributed by atoms with E-state index in [4.69, 9.17) is 33.5 Å². The lowest BCUT2D eigenvalue weighted by Gasteiger charge is -2.42. The lowest BCUT2D eigenvalue weighted by atomic mass is 10.1. The van der Waals surface area contributed by atoms with Crippen LogP contribution in [0, 0.1) is 0 Å². The van der Waals surface area contributed by atoms with Crippen molar-refractivity contribution < 1.29 is 4.79 Å². The Labute approximate surface area is 268 Å². The van der Waals surface area contributed by atoms with Gasteiger partial charge in [-0.1, -0.05) is 97.1 Å². The van der Waals surface area contributed by atoms with E-state index in [1.165, 1.54) is 33.4 Å². The monoisotopic (exact) mass is 610 g/mol. The van der Waals surface area contributed by atoms with Crippen molar-refractivity contribution in [3.63, 3.8) is 0 Å². The van der Waals surface area contributed by atoms with Gasteiger partial charge in [0.15, 0.2) is 0 Å². The third-order valence-electron chi connectivity index (χ3n) is 7.56. The SMILES string of the molecule is C=O.NCc1cccc(CN)c1.NCc1cccc(CN2CN(Cc3cccc(CN)c3)CN(Cc3cccc(CN)c3)C2)c1. The Hall–Kier alpha value is -3.77. The number of hydrogen-bond acceptors (Lipinski definition) is 9. The summed E-state index contributed by atoms with van der Waals surface area (Å²) < 4.78 is 0. The van der Waals surface area contributed by atoms with Crippen LogP contribution in [0.3, 0.4) is 0 Å². The predicted molar refractivity (Wildman–Crippen MR) is 184 cm³/mol. The minimum Gasteiger partial charge on any atom is -0.326 e. The van der Waals surface area contributed by atoms with Crippen LogP contribution in [0.5, 0.6) is 0 Å². The zero-order valence-electron chi connectivity index (χ0n) is 26.4. The van der Waals surface area contributed by atoms with Gasteiger partial charge in [-0.2, -0.15) is 0 Å². The number of nitrogens with zero attached hydrogens (tertiary/aromatic N) is 3. The number of carbonyl (C=O) groups is 1. The largest absolute Gasteiger partial charge is 0.326 e. The predicted octanol–water partition coefficient (Wildman–Crippen LogP) is 3.17. The molecule has 45 heavy (non-hydrogen) atoms. The van der Waals surface area contributed by atoms with E-state index in [0.29, 0.717) is 32.7 Å². The van der Waals surface area contributed by atoms with Crippen molar-refractivity contribution in [3.8, 4) is 0 Å². The van der Waals surface area contributed by atoms with Gasteiger partial charge in [0.2, 0.25) is 0 Å². The van der Waals surface area contributed by atoms with Gasteiger partial charge in [0.25, 0.3) is 0 Å². The van der Waals surface area contributed by atoms with Crippen molar-refractivity contribution in [2.24, 2.45) is 28.7 Å². The lowest BCUT2D eigenvalue weighted by Crippen LogP contribution is -2.53. The van der Waals surface area contributed by atoms with E-state index in [1.54, 1.807) is 0 Å². The highest BCUT2D eigenvalue weighted by Crippen LogP contribution is 2.19. The summed E-state index contributed by atoms with van der Waals surface area (Å²) >= 11 is 0. The summed E-state index contributed by atoms with van der Waals surface area (Å²) in [5.74, 6) is 0. The summed E-state index contributed by atoms with van der Waals surface area (Å²) in [6.45, 7) is 10.3. The molecule has 10 N–H and O–H groups in total. The molecule has 5 rings (SSSR count). The highest BCUT2D eigenvalue weighted by molar-refractivity contribution is 5.26. The van der Waals surface area contributed by atoms with Crippen LogP contribution in [0.15, 0.2) is 97.1 Å². The third kappa shape index (κ3) is 11.9. The van der Waals surface area contributed by atoms with Gasteiger partial charge >= 0.3 is 0 Å². The summed E-state index contributed by atoms with van der Waals surface area (Å²) in [4.78, 5) is 15.5. The molecule has 1 aliphatic heterocycles. The van der Waals surface area contributed by atoms with Gasteiger partial charge in [-0.25, -0.2) is 0 Å². The molecule has 1 fully saturated rings. The molecule has 0 atom stereocenters. The van der Waals surface area contributed by atoms with Gasteiger partial charge in [-0.05, 0) is 44.5 Å². The summed E-state index contributed by atoms with van der Waals surface area (Å²) in [5, 5.41) is 0. The molecule has 1 heterocycles. The molecule has 0 bridgehead atoms. The topological polar surface area (TPSA) is 157 Å². The summed E-state index contributed by atoms with van der Waals surface area (Å²) in [7, 11) is 0. The second kappa shape index (κ2) is 19.6. The molecule has 1 aliphatic rings. The maximum atomic E-state index is 8.00. The molecule has 240 valence electrons. The number of carbonyl (C=O) groups excluding carboxylic acids is 1. The highest BCUT2D eigenvalue weighted by Gasteiger charge is 2.24. The molecule has 4 aromatic rings. The first-order valence-corrected chi connectivity index (χ1v) is 15.3. The van der Waals surface area contributed by atoms with Gasteiger partial charge in [0.1, 0.15) is 6.79 Å². The summed E-state index contributed by atoms with van der Waals surface area (Å²) in [5.41, 5.74) is 38.2. The molecule has 1 saturated heterocycles. The Kier molecular flexibility index (Phi) is 15.5. The smallest absolute Gasteiger partial charge is 0.106 e. The Bertz CT molecular complexity index is 1270. The van der Waals surface area contributed by atoms with Crippen molar-refractivity contribution in [1.29, 1.82) is 0 Å². The van der Waals surface area contributed by atoms with Crippen LogP contribution in [0.4, 0.5) is 0 Å². The van der Waals surface area contributed by atoms with Crippen molar-refractivity contribution in [2.45, 2.75) is 52.4 Å². The number of rotatable bonds is 11. The highest BCUT2D eigenvalue weighted by atomic mass is 16.1. The molecule has 0 aromatic heterocycles. The van der Waals surface area contributed by atoms with Crippen molar-refractivity contribution in [1.82, 2.24) is 14.7 Å². The first-order chi connectivity index (χ1) is 22.0. The zero-order chi connectivity index (χ0) is 32.4. The van der Waals surface area contributed by atoms with E-state index in [2.05, 4.69) is 87.5 Å². The normalized spacial score (nSPS) is 13.8. The van der Waals surface area contributed by atoms with Crippen LogP contribution in [-0.2, 0) is 57.2 Å². The van der Waals surface area contributed by atoms with Gasteiger partial charge in [-0.15, -0.1) is 0 Å². The Morgan fingerprint density at radius 3 is 0.822 bits per heavy atom. The van der Waals surface area contributed by atoms with Crippen LogP contribution in [0.2, 0.25) is 0 Å². The Morgan fingerprint density at radius 1 is 0.400 bits per heavy atom. The second-order valence-corrected chi connectivity index (χ2v) is 11.2. The van der Waals surface area contributed by atoms with Crippen molar-refractivity contribution in [2.75, 3.05) is 20.0 Å². The fourth-order valence-corrected chi connectivity index (χ4v) is 5.51. The molecule has 9 heteroatoms. The van der Waals surface area contributed by atoms with Gasteiger partial charge < -0.3 is 33.5 Å². The van der Waals surface area contributed by atoms with E-state index < -0.39 is 0 Å². The third-order valence-corrected chi connectivity index (χ3v) is 7.56. The Balaban J connectivity index is 0.000000389. The van der Waals surface area contributed by atoms with Gasteiger partial charge in [0, 0.05) is 52.4 Å². The molecule has 0 saturated carbocycles. The molecule has 4 aromatic carbocycles. The molecular formula is C36H50N8O. The second-order valence-electron chi connectivity index (χ2n) is 11.2. The maximum absolute atomic E-state index is 8.00.